The topological polar surface area (TPSA) is 80.9 Å². The van der Waals surface area contributed by atoms with Gasteiger partial charge in [-0.25, -0.2) is 0 Å². The Balaban J connectivity index is 2.19. The van der Waals surface area contributed by atoms with Gasteiger partial charge in [-0.2, -0.15) is 4.68 Å². The number of carboxylic acids is 1. The van der Waals surface area contributed by atoms with Gasteiger partial charge in [0.1, 0.15) is 0 Å². The third-order valence-corrected chi connectivity index (χ3v) is 4.07. The maximum absolute atomic E-state index is 11.0. The average molecular weight is 278 g/mol. The molecule has 1 aromatic heterocycles. The number of aliphatic carboxylic acids is 1. The van der Waals surface area contributed by atoms with E-state index in [1.54, 1.807) is 11.6 Å². The molecule has 0 aliphatic heterocycles. The normalized spacial score (nSPS) is 14.0. The molecule has 2 aromatic rings. The minimum atomic E-state index is -0.821. The van der Waals surface area contributed by atoms with E-state index in [0.29, 0.717) is 5.16 Å². The highest BCUT2D eigenvalue weighted by atomic mass is 32.2. The van der Waals surface area contributed by atoms with Crippen molar-refractivity contribution in [3.05, 3.63) is 30.3 Å². The third-order valence-electron chi connectivity index (χ3n) is 2.83. The maximum Gasteiger partial charge on any atom is 0.307 e. The molecule has 0 spiro atoms. The summed E-state index contributed by atoms with van der Waals surface area (Å²) in [5, 5.41) is 21.0. The van der Waals surface area contributed by atoms with Gasteiger partial charge in [0, 0.05) is 5.25 Å². The molecule has 0 saturated heterocycles. The van der Waals surface area contributed by atoms with Gasteiger partial charge in [-0.3, -0.25) is 4.79 Å². The summed E-state index contributed by atoms with van der Waals surface area (Å²) in [7, 11) is 0. The molecule has 100 valence electrons. The standard InChI is InChI=1S/C12H14N4O2S/c1-8(11(17)18)9(2)19-12-13-14-15-16(12)10-6-4-3-5-7-10/h3-9H,1-2H3,(H,17,18). The van der Waals surface area contributed by atoms with Crippen LogP contribution in [0.1, 0.15) is 13.8 Å². The molecule has 0 bridgehead atoms. The quantitative estimate of drug-likeness (QED) is 0.841. The van der Waals surface area contributed by atoms with E-state index in [9.17, 15) is 4.79 Å². The van der Waals surface area contributed by atoms with Crippen molar-refractivity contribution in [2.45, 2.75) is 24.3 Å². The van der Waals surface area contributed by atoms with Crippen LogP contribution in [-0.2, 0) is 4.79 Å². The Morgan fingerprint density at radius 3 is 2.63 bits per heavy atom. The minimum Gasteiger partial charge on any atom is -0.481 e. The first-order valence-electron chi connectivity index (χ1n) is 5.83. The fourth-order valence-corrected chi connectivity index (χ4v) is 2.43. The Morgan fingerprint density at radius 2 is 2.00 bits per heavy atom. The number of thioether (sulfide) groups is 1. The van der Waals surface area contributed by atoms with E-state index in [0.717, 1.165) is 5.69 Å². The van der Waals surface area contributed by atoms with Gasteiger partial charge >= 0.3 is 5.97 Å². The van der Waals surface area contributed by atoms with Crippen LogP contribution in [0.5, 0.6) is 0 Å². The van der Waals surface area contributed by atoms with E-state index in [1.807, 2.05) is 37.3 Å². The predicted octanol–water partition coefficient (Wildman–Crippen LogP) is 1.86. The first-order valence-corrected chi connectivity index (χ1v) is 6.71. The summed E-state index contributed by atoms with van der Waals surface area (Å²) in [5.74, 6) is -1.29. The Morgan fingerprint density at radius 1 is 1.32 bits per heavy atom. The summed E-state index contributed by atoms with van der Waals surface area (Å²) < 4.78 is 1.61. The Hall–Kier alpha value is -1.89. The molecular formula is C12H14N4O2S. The minimum absolute atomic E-state index is 0.119. The fraction of sp³-hybridized carbons (Fsp3) is 0.333. The number of tetrazole rings is 1. The van der Waals surface area contributed by atoms with E-state index in [4.69, 9.17) is 5.11 Å². The lowest BCUT2D eigenvalue weighted by Crippen LogP contribution is -2.20. The van der Waals surface area contributed by atoms with Crippen LogP contribution in [0.2, 0.25) is 0 Å². The van der Waals surface area contributed by atoms with Crippen LogP contribution in [0.15, 0.2) is 35.5 Å². The molecule has 1 aromatic carbocycles. The van der Waals surface area contributed by atoms with Crippen molar-refractivity contribution >= 4 is 17.7 Å². The summed E-state index contributed by atoms with van der Waals surface area (Å²) in [4.78, 5) is 11.0. The molecule has 0 aliphatic rings. The molecule has 2 rings (SSSR count). The van der Waals surface area contributed by atoms with Crippen molar-refractivity contribution < 1.29 is 9.90 Å². The molecule has 2 unspecified atom stereocenters. The van der Waals surface area contributed by atoms with Gasteiger partial charge in [0.25, 0.3) is 0 Å². The summed E-state index contributed by atoms with van der Waals surface area (Å²) in [6, 6.07) is 9.50. The predicted molar refractivity (Wildman–Crippen MR) is 71.3 cm³/mol. The van der Waals surface area contributed by atoms with Crippen LogP contribution in [0.3, 0.4) is 0 Å². The molecule has 19 heavy (non-hydrogen) atoms. The van der Waals surface area contributed by atoms with Crippen LogP contribution in [0, 0.1) is 5.92 Å². The Labute approximate surface area is 114 Å². The van der Waals surface area contributed by atoms with Crippen molar-refractivity contribution in [3.8, 4) is 5.69 Å². The number of hydrogen-bond donors (Lipinski definition) is 1. The molecule has 6 nitrogen and oxygen atoms in total. The Bertz CT molecular complexity index is 558. The van der Waals surface area contributed by atoms with Gasteiger partial charge in [-0.05, 0) is 22.6 Å². The van der Waals surface area contributed by atoms with Crippen LogP contribution in [0.4, 0.5) is 0 Å². The first kappa shape index (κ1) is 13.5. The van der Waals surface area contributed by atoms with E-state index >= 15 is 0 Å². The molecule has 0 radical (unpaired) electrons. The second kappa shape index (κ2) is 5.83. The van der Waals surface area contributed by atoms with Gasteiger partial charge in [0.05, 0.1) is 11.6 Å². The Kier molecular flexibility index (Phi) is 4.16. The van der Waals surface area contributed by atoms with Crippen molar-refractivity contribution in [1.29, 1.82) is 0 Å². The van der Waals surface area contributed by atoms with Crippen molar-refractivity contribution in [1.82, 2.24) is 20.2 Å². The number of hydrogen-bond acceptors (Lipinski definition) is 5. The lowest BCUT2D eigenvalue weighted by Gasteiger charge is -2.14. The summed E-state index contributed by atoms with van der Waals surface area (Å²) >= 11 is 1.35. The molecule has 2 atom stereocenters. The number of nitrogens with zero attached hydrogens (tertiary/aromatic N) is 4. The van der Waals surface area contributed by atoms with Gasteiger partial charge < -0.3 is 5.11 Å². The molecule has 7 heteroatoms. The fourth-order valence-electron chi connectivity index (χ4n) is 1.45. The lowest BCUT2D eigenvalue weighted by atomic mass is 10.1. The molecule has 0 saturated carbocycles. The zero-order valence-electron chi connectivity index (χ0n) is 10.6. The monoisotopic (exact) mass is 278 g/mol. The lowest BCUT2D eigenvalue weighted by molar-refractivity contribution is -0.140. The zero-order chi connectivity index (χ0) is 13.8. The van der Waals surface area contributed by atoms with Gasteiger partial charge in [-0.15, -0.1) is 5.10 Å². The molecule has 1 N–H and O–H groups in total. The molecular weight excluding hydrogens is 264 g/mol. The maximum atomic E-state index is 11.0. The molecule has 1 heterocycles. The van der Waals surface area contributed by atoms with E-state index in [-0.39, 0.29) is 5.25 Å². The van der Waals surface area contributed by atoms with Gasteiger partial charge in [0.15, 0.2) is 0 Å². The van der Waals surface area contributed by atoms with Crippen LogP contribution < -0.4 is 0 Å². The summed E-state index contributed by atoms with van der Waals surface area (Å²) in [6.45, 7) is 3.53. The first-order chi connectivity index (χ1) is 9.09. The number of carbonyl (C=O) groups is 1. The van der Waals surface area contributed by atoms with E-state index in [2.05, 4.69) is 15.5 Å². The molecule has 0 fully saturated rings. The van der Waals surface area contributed by atoms with Crippen LogP contribution >= 0.6 is 11.8 Å². The number of rotatable bonds is 5. The van der Waals surface area contributed by atoms with Gasteiger partial charge in [-0.1, -0.05) is 43.8 Å². The average Bonchev–Trinajstić information content (AvgIpc) is 2.86. The second-order valence-corrected chi connectivity index (χ2v) is 5.50. The largest absolute Gasteiger partial charge is 0.481 e. The highest BCUT2D eigenvalue weighted by Gasteiger charge is 2.23. The summed E-state index contributed by atoms with van der Waals surface area (Å²) in [6.07, 6.45) is 0. The highest BCUT2D eigenvalue weighted by Crippen LogP contribution is 2.27. The molecule has 0 amide bonds. The smallest absolute Gasteiger partial charge is 0.307 e. The van der Waals surface area contributed by atoms with Crippen molar-refractivity contribution in [3.63, 3.8) is 0 Å². The van der Waals surface area contributed by atoms with Crippen LogP contribution in [0.25, 0.3) is 5.69 Å². The second-order valence-electron chi connectivity index (χ2n) is 4.16. The zero-order valence-corrected chi connectivity index (χ0v) is 11.4. The molecule has 0 aliphatic carbocycles. The SMILES string of the molecule is CC(Sc1nnnn1-c1ccccc1)C(C)C(=O)O. The number of carboxylic acid groups (broad SMARTS) is 1. The number of aromatic nitrogens is 4. The number of para-hydroxylation sites is 1. The van der Waals surface area contributed by atoms with Gasteiger partial charge in [0.2, 0.25) is 5.16 Å². The van der Waals surface area contributed by atoms with E-state index in [1.165, 1.54) is 11.8 Å². The highest BCUT2D eigenvalue weighted by molar-refractivity contribution is 7.99. The van der Waals surface area contributed by atoms with E-state index < -0.39 is 11.9 Å². The third kappa shape index (κ3) is 3.11. The summed E-state index contributed by atoms with van der Waals surface area (Å²) in [5.41, 5.74) is 0.852. The van der Waals surface area contributed by atoms with Crippen LogP contribution in [-0.4, -0.2) is 36.5 Å². The van der Waals surface area contributed by atoms with Crippen molar-refractivity contribution in [2.75, 3.05) is 0 Å². The van der Waals surface area contributed by atoms with Crippen molar-refractivity contribution in [2.24, 2.45) is 5.92 Å². The number of benzene rings is 1.